The summed E-state index contributed by atoms with van der Waals surface area (Å²) in [6.45, 7) is 8.07. The number of pyridine rings is 1. The number of hydrogen-bond acceptors (Lipinski definition) is 4. The van der Waals surface area contributed by atoms with Gasteiger partial charge < -0.3 is 15.0 Å². The number of fused-ring (bicyclic) bond motifs is 4. The van der Waals surface area contributed by atoms with Crippen molar-refractivity contribution in [1.82, 2.24) is 4.98 Å². The van der Waals surface area contributed by atoms with E-state index in [1.54, 1.807) is 0 Å². The van der Waals surface area contributed by atoms with Gasteiger partial charge in [0.25, 0.3) is 0 Å². The Kier molecular flexibility index (Phi) is 10.2. The summed E-state index contributed by atoms with van der Waals surface area (Å²) >= 11 is 0. The molecule has 0 aliphatic carbocycles. The van der Waals surface area contributed by atoms with Crippen molar-refractivity contribution in [2.75, 3.05) is 11.9 Å². The summed E-state index contributed by atoms with van der Waals surface area (Å²) in [5, 5.41) is 13.3. The van der Waals surface area contributed by atoms with Crippen molar-refractivity contribution < 1.29 is 30.0 Å². The van der Waals surface area contributed by atoms with Crippen LogP contribution in [0.5, 0.6) is 0 Å². The molecule has 0 amide bonds. The van der Waals surface area contributed by atoms with Gasteiger partial charge in [-0.05, 0) is 54.3 Å². The molecule has 201 valence electrons. The largest absolute Gasteiger partial charge is 0.512 e. The van der Waals surface area contributed by atoms with Crippen LogP contribution in [0.1, 0.15) is 53.4 Å². The molecule has 0 unspecified atom stereocenters. The molecule has 1 aliphatic heterocycles. The van der Waals surface area contributed by atoms with Crippen LogP contribution >= 0.6 is 0 Å². The minimum Gasteiger partial charge on any atom is -0.512 e. The Morgan fingerprint density at radius 3 is 2.32 bits per heavy atom. The molecule has 4 nitrogen and oxygen atoms in total. The molecular formula is C33H37IrN2O2-. The number of nitrogens with zero attached hydrogens (tertiary/aromatic N) is 2. The molecule has 2 heterocycles. The molecular weight excluding hydrogens is 649 g/mol. The van der Waals surface area contributed by atoms with Crippen molar-refractivity contribution in [1.29, 1.82) is 0 Å². The molecule has 0 fully saturated rings. The molecule has 0 atom stereocenters. The Morgan fingerprint density at radius 1 is 0.947 bits per heavy atom. The van der Waals surface area contributed by atoms with Gasteiger partial charge in [0.2, 0.25) is 0 Å². The van der Waals surface area contributed by atoms with Crippen molar-refractivity contribution in [2.24, 2.45) is 11.8 Å². The first-order valence-corrected chi connectivity index (χ1v) is 13.4. The zero-order valence-corrected chi connectivity index (χ0v) is 25.3. The van der Waals surface area contributed by atoms with Crippen LogP contribution in [0, 0.1) is 17.9 Å². The van der Waals surface area contributed by atoms with Crippen LogP contribution < -0.4 is 4.90 Å². The number of anilines is 2. The van der Waals surface area contributed by atoms with Crippen LogP contribution in [0.2, 0.25) is 0 Å². The zero-order chi connectivity index (χ0) is 26.5. The normalized spacial score (nSPS) is 12.3. The van der Waals surface area contributed by atoms with E-state index in [2.05, 4.69) is 65.5 Å². The Hall–Kier alpha value is -3.01. The molecule has 0 spiro atoms. The number of rotatable bonds is 7. The maximum Gasteiger partial charge on any atom is 0.162 e. The number of benzene rings is 3. The number of aliphatic hydroxyl groups excluding tert-OH is 1. The van der Waals surface area contributed by atoms with E-state index >= 15 is 0 Å². The fourth-order valence-electron chi connectivity index (χ4n) is 5.30. The Bertz CT molecular complexity index is 1440. The zero-order valence-electron chi connectivity index (χ0n) is 22.9. The quantitative estimate of drug-likeness (QED) is 0.0915. The fraction of sp³-hybridized carbons (Fsp3) is 0.333. The first kappa shape index (κ1) is 29.5. The molecule has 1 N–H and O–H groups in total. The number of ketones is 1. The van der Waals surface area contributed by atoms with Crippen LogP contribution in [0.3, 0.4) is 0 Å². The van der Waals surface area contributed by atoms with Gasteiger partial charge in [0.05, 0.1) is 5.76 Å². The summed E-state index contributed by atoms with van der Waals surface area (Å²) in [5.74, 6) is 0.547. The number of para-hydroxylation sites is 1. The fourth-order valence-corrected chi connectivity index (χ4v) is 5.30. The third kappa shape index (κ3) is 5.70. The summed E-state index contributed by atoms with van der Waals surface area (Å²) in [4.78, 5) is 18.6. The van der Waals surface area contributed by atoms with E-state index in [-0.39, 0.29) is 43.5 Å². The SMILES string of the molecule is CCC(CC)C(=O)/C=C(\O)C(CC)CC.CN1c2ccccc2-c2ccnc3c2c1cc1ccc[c-]c13.[Ir]. The van der Waals surface area contributed by atoms with Crippen LogP contribution in [0.4, 0.5) is 11.4 Å². The number of hydrogen-bond donors (Lipinski definition) is 1. The smallest absolute Gasteiger partial charge is 0.162 e. The van der Waals surface area contributed by atoms with Gasteiger partial charge >= 0.3 is 0 Å². The maximum atomic E-state index is 11.7. The summed E-state index contributed by atoms with van der Waals surface area (Å²) < 4.78 is 0. The van der Waals surface area contributed by atoms with Gasteiger partial charge in [-0.3, -0.25) is 4.79 Å². The third-order valence-corrected chi connectivity index (χ3v) is 7.62. The molecule has 5 heteroatoms. The first-order chi connectivity index (χ1) is 17.9. The average molecular weight is 686 g/mol. The van der Waals surface area contributed by atoms with Gasteiger partial charge in [0.15, 0.2) is 5.78 Å². The topological polar surface area (TPSA) is 53.4 Å². The minimum absolute atomic E-state index is 0. The van der Waals surface area contributed by atoms with Crippen LogP contribution in [0.15, 0.2) is 72.6 Å². The molecule has 5 rings (SSSR count). The summed E-state index contributed by atoms with van der Waals surface area (Å²) in [6.07, 6.45) is 6.81. The molecule has 4 aromatic rings. The van der Waals surface area contributed by atoms with E-state index in [1.807, 2.05) is 46.0 Å². The predicted octanol–water partition coefficient (Wildman–Crippen LogP) is 8.80. The van der Waals surface area contributed by atoms with Gasteiger partial charge in [-0.1, -0.05) is 52.0 Å². The molecule has 3 aromatic carbocycles. The molecule has 1 aliphatic rings. The Labute approximate surface area is 240 Å². The standard InChI is InChI=1S/C20H13N2.C13H24O2.Ir/c1-22-17-9-5-4-8-15(17)16-10-11-21-20-14-7-3-2-6-13(14)12-18(22)19(16)20;1-5-10(6-2)12(14)9-13(15)11(7-3)8-4;/h2-6,8-12H,1H3;9-11,14H,5-8H2,1-4H3;/q-1;;/b;12-9-;. The summed E-state index contributed by atoms with van der Waals surface area (Å²) in [7, 11) is 2.13. The first-order valence-electron chi connectivity index (χ1n) is 13.4. The number of allylic oxidation sites excluding steroid dienone is 2. The van der Waals surface area contributed by atoms with Gasteiger partial charge in [-0.15, -0.1) is 35.0 Å². The van der Waals surface area contributed by atoms with Crippen LogP contribution in [-0.2, 0) is 24.9 Å². The average Bonchev–Trinajstić information content (AvgIpc) is 2.93. The van der Waals surface area contributed by atoms with Crippen LogP contribution in [-0.4, -0.2) is 22.9 Å². The second-order valence-electron chi connectivity index (χ2n) is 9.69. The van der Waals surface area contributed by atoms with Crippen molar-refractivity contribution >= 4 is 38.8 Å². The van der Waals surface area contributed by atoms with E-state index in [0.717, 1.165) is 36.6 Å². The van der Waals surface area contributed by atoms with E-state index in [0.29, 0.717) is 0 Å². The second-order valence-corrected chi connectivity index (χ2v) is 9.69. The monoisotopic (exact) mass is 686 g/mol. The van der Waals surface area contributed by atoms with Crippen molar-refractivity contribution in [3.8, 4) is 11.1 Å². The molecule has 1 radical (unpaired) electrons. The molecule has 0 bridgehead atoms. The Balaban J connectivity index is 0.000000223. The van der Waals surface area contributed by atoms with Gasteiger partial charge in [0, 0.05) is 68.2 Å². The van der Waals surface area contributed by atoms with E-state index in [9.17, 15) is 9.90 Å². The maximum absolute atomic E-state index is 11.7. The van der Waals surface area contributed by atoms with Crippen molar-refractivity contribution in [3.63, 3.8) is 0 Å². The van der Waals surface area contributed by atoms with E-state index in [1.165, 1.54) is 39.4 Å². The summed E-state index contributed by atoms with van der Waals surface area (Å²) in [6, 6.07) is 22.4. The van der Waals surface area contributed by atoms with Gasteiger partial charge in [-0.25, -0.2) is 0 Å². The number of aliphatic hydroxyl groups is 1. The van der Waals surface area contributed by atoms with Crippen molar-refractivity contribution in [3.05, 3.63) is 78.7 Å². The summed E-state index contributed by atoms with van der Waals surface area (Å²) in [5.41, 5.74) is 6.01. The number of carbonyl (C=O) groups excluding carboxylic acids is 1. The van der Waals surface area contributed by atoms with E-state index < -0.39 is 0 Å². The second kappa shape index (κ2) is 13.2. The molecule has 38 heavy (non-hydrogen) atoms. The van der Waals surface area contributed by atoms with E-state index in [4.69, 9.17) is 0 Å². The van der Waals surface area contributed by atoms with Gasteiger partial charge in [0.1, 0.15) is 0 Å². The molecule has 1 aromatic heterocycles. The van der Waals surface area contributed by atoms with Crippen LogP contribution in [0.25, 0.3) is 32.8 Å². The Morgan fingerprint density at radius 2 is 1.63 bits per heavy atom. The predicted molar refractivity (Wildman–Crippen MR) is 155 cm³/mol. The molecule has 0 saturated carbocycles. The number of carbonyl (C=O) groups is 1. The van der Waals surface area contributed by atoms with Gasteiger partial charge in [-0.2, -0.15) is 0 Å². The number of aromatic nitrogens is 1. The minimum atomic E-state index is 0. The van der Waals surface area contributed by atoms with Crippen molar-refractivity contribution in [2.45, 2.75) is 53.4 Å². The molecule has 0 saturated heterocycles. The third-order valence-electron chi connectivity index (χ3n) is 7.62.